The number of hydrogen-bond acceptors (Lipinski definition) is 6. The van der Waals surface area contributed by atoms with Crippen molar-refractivity contribution >= 4 is 17.2 Å². The van der Waals surface area contributed by atoms with Crippen molar-refractivity contribution in [1.82, 2.24) is 25.7 Å². The Balaban J connectivity index is 1.40. The van der Waals surface area contributed by atoms with Crippen LogP contribution in [-0.4, -0.2) is 26.2 Å². The van der Waals surface area contributed by atoms with E-state index in [1.807, 2.05) is 47.8 Å². The number of amides is 1. The van der Waals surface area contributed by atoms with E-state index in [0.717, 1.165) is 16.1 Å². The van der Waals surface area contributed by atoms with E-state index in [2.05, 4.69) is 25.7 Å². The first kappa shape index (κ1) is 15.3. The molecule has 8 heteroatoms. The minimum absolute atomic E-state index is 0.139. The normalized spacial score (nSPS) is 10.7. The molecule has 0 saturated heterocycles. The molecule has 0 atom stereocenters. The molecule has 0 aliphatic carbocycles. The van der Waals surface area contributed by atoms with Crippen molar-refractivity contribution in [2.75, 3.05) is 0 Å². The number of nitrogens with zero attached hydrogens (tertiary/aromatic N) is 3. The topological polar surface area (TPSA) is 96.7 Å². The predicted octanol–water partition coefficient (Wildman–Crippen LogP) is 3.12. The molecule has 0 aliphatic rings. The summed E-state index contributed by atoms with van der Waals surface area (Å²) in [5.74, 6) is 0.518. The molecule has 3 aromatic heterocycles. The standard InChI is InChI=1S/C17H13N5O2S/c23-17(13-9-12(20-21-13)14-7-4-8-25-14)18-10-15-19-16(22-24-15)11-5-2-1-3-6-11/h1-9H,10H2,(H,18,23)(H,20,21). The van der Waals surface area contributed by atoms with Crippen molar-refractivity contribution in [3.63, 3.8) is 0 Å². The highest BCUT2D eigenvalue weighted by molar-refractivity contribution is 7.13. The third-order valence-electron chi connectivity index (χ3n) is 3.50. The van der Waals surface area contributed by atoms with Gasteiger partial charge >= 0.3 is 0 Å². The third-order valence-corrected chi connectivity index (χ3v) is 4.40. The molecule has 0 fully saturated rings. The fraction of sp³-hybridized carbons (Fsp3) is 0.0588. The number of benzene rings is 1. The Hall–Kier alpha value is -3.26. The van der Waals surface area contributed by atoms with Crippen LogP contribution in [-0.2, 0) is 6.54 Å². The summed E-state index contributed by atoms with van der Waals surface area (Å²) < 4.78 is 5.17. The molecule has 0 aliphatic heterocycles. The molecule has 7 nitrogen and oxygen atoms in total. The fourth-order valence-electron chi connectivity index (χ4n) is 2.27. The summed E-state index contributed by atoms with van der Waals surface area (Å²) in [6, 6.07) is 15.1. The number of carbonyl (C=O) groups excluding carboxylic acids is 1. The Morgan fingerprint density at radius 1 is 1.20 bits per heavy atom. The van der Waals surface area contributed by atoms with Crippen LogP contribution in [0.4, 0.5) is 0 Å². The average molecular weight is 351 g/mol. The molecule has 0 spiro atoms. The van der Waals surface area contributed by atoms with Gasteiger partial charge in [0, 0.05) is 5.56 Å². The number of thiophene rings is 1. The zero-order valence-electron chi connectivity index (χ0n) is 13.0. The van der Waals surface area contributed by atoms with E-state index in [-0.39, 0.29) is 12.5 Å². The molecule has 4 aromatic rings. The Kier molecular flexibility index (Phi) is 4.09. The molecule has 3 heterocycles. The number of hydrogen-bond donors (Lipinski definition) is 2. The van der Waals surface area contributed by atoms with Crippen molar-refractivity contribution in [3.05, 3.63) is 65.5 Å². The molecule has 1 aromatic carbocycles. The maximum atomic E-state index is 12.2. The lowest BCUT2D eigenvalue weighted by molar-refractivity contribution is 0.0941. The number of rotatable bonds is 5. The minimum Gasteiger partial charge on any atom is -0.342 e. The van der Waals surface area contributed by atoms with Crippen molar-refractivity contribution in [2.45, 2.75) is 6.54 Å². The fourth-order valence-corrected chi connectivity index (χ4v) is 2.97. The molecule has 0 unspecified atom stereocenters. The van der Waals surface area contributed by atoms with E-state index in [0.29, 0.717) is 17.4 Å². The monoisotopic (exact) mass is 351 g/mol. The van der Waals surface area contributed by atoms with E-state index in [9.17, 15) is 4.79 Å². The van der Waals surface area contributed by atoms with Crippen molar-refractivity contribution in [3.8, 4) is 22.0 Å². The number of aromatic nitrogens is 4. The second-order valence-corrected chi connectivity index (χ2v) is 6.15. The van der Waals surface area contributed by atoms with Crippen LogP contribution in [0.25, 0.3) is 22.0 Å². The summed E-state index contributed by atoms with van der Waals surface area (Å²) in [6.45, 7) is 0.139. The highest BCUT2D eigenvalue weighted by Gasteiger charge is 2.14. The average Bonchev–Trinajstić information content (AvgIpc) is 3.41. The molecule has 0 bridgehead atoms. The predicted molar refractivity (Wildman–Crippen MR) is 92.8 cm³/mol. The highest BCUT2D eigenvalue weighted by Crippen LogP contribution is 2.22. The van der Waals surface area contributed by atoms with E-state index in [1.54, 1.807) is 17.4 Å². The van der Waals surface area contributed by atoms with Crippen LogP contribution >= 0.6 is 11.3 Å². The molecule has 2 N–H and O–H groups in total. The van der Waals surface area contributed by atoms with Crippen LogP contribution in [0.3, 0.4) is 0 Å². The summed E-state index contributed by atoms with van der Waals surface area (Å²) in [7, 11) is 0. The molecule has 4 rings (SSSR count). The highest BCUT2D eigenvalue weighted by atomic mass is 32.1. The van der Waals surface area contributed by atoms with Gasteiger partial charge in [-0.3, -0.25) is 9.89 Å². The zero-order valence-corrected chi connectivity index (χ0v) is 13.8. The van der Waals surface area contributed by atoms with Crippen LogP contribution in [0.15, 0.2) is 58.4 Å². The molecular formula is C17H13N5O2S. The van der Waals surface area contributed by atoms with Crippen LogP contribution < -0.4 is 5.32 Å². The molecule has 0 saturated carbocycles. The van der Waals surface area contributed by atoms with Crippen LogP contribution in [0.5, 0.6) is 0 Å². The van der Waals surface area contributed by atoms with E-state index >= 15 is 0 Å². The Labute approximate surface area is 146 Å². The van der Waals surface area contributed by atoms with Crippen molar-refractivity contribution < 1.29 is 9.32 Å². The van der Waals surface area contributed by atoms with Gasteiger partial charge in [0.25, 0.3) is 5.91 Å². The van der Waals surface area contributed by atoms with Gasteiger partial charge in [0.05, 0.1) is 17.1 Å². The van der Waals surface area contributed by atoms with Gasteiger partial charge in [-0.05, 0) is 17.5 Å². The zero-order chi connectivity index (χ0) is 17.1. The summed E-state index contributed by atoms with van der Waals surface area (Å²) in [5.41, 5.74) is 1.98. The largest absolute Gasteiger partial charge is 0.342 e. The summed E-state index contributed by atoms with van der Waals surface area (Å²) in [5, 5.41) is 15.5. The number of aromatic amines is 1. The molecule has 1 amide bonds. The maximum absolute atomic E-state index is 12.2. The summed E-state index contributed by atoms with van der Waals surface area (Å²) in [6.07, 6.45) is 0. The lowest BCUT2D eigenvalue weighted by Gasteiger charge is -1.97. The first-order valence-corrected chi connectivity index (χ1v) is 8.43. The van der Waals surface area contributed by atoms with Gasteiger partial charge in [-0.1, -0.05) is 41.6 Å². The van der Waals surface area contributed by atoms with Crippen LogP contribution in [0.1, 0.15) is 16.4 Å². The first-order chi connectivity index (χ1) is 12.3. The van der Waals surface area contributed by atoms with Gasteiger partial charge in [0.2, 0.25) is 11.7 Å². The molecule has 0 radical (unpaired) electrons. The van der Waals surface area contributed by atoms with Gasteiger partial charge in [0.1, 0.15) is 0 Å². The molecular weight excluding hydrogens is 338 g/mol. The summed E-state index contributed by atoms with van der Waals surface area (Å²) in [4.78, 5) is 17.5. The van der Waals surface area contributed by atoms with Gasteiger partial charge in [-0.15, -0.1) is 11.3 Å². The summed E-state index contributed by atoms with van der Waals surface area (Å²) >= 11 is 1.58. The van der Waals surface area contributed by atoms with E-state index in [4.69, 9.17) is 4.52 Å². The van der Waals surface area contributed by atoms with Crippen LogP contribution in [0.2, 0.25) is 0 Å². The smallest absolute Gasteiger partial charge is 0.272 e. The van der Waals surface area contributed by atoms with Gasteiger partial charge < -0.3 is 9.84 Å². The number of carbonyl (C=O) groups is 1. The number of H-pyrrole nitrogens is 1. The SMILES string of the molecule is O=C(NCc1nc(-c2ccccc2)no1)c1cc(-c2cccs2)[nH]n1. The minimum atomic E-state index is -0.307. The van der Waals surface area contributed by atoms with Gasteiger partial charge in [-0.25, -0.2) is 0 Å². The Bertz CT molecular complexity index is 976. The Morgan fingerprint density at radius 3 is 2.88 bits per heavy atom. The van der Waals surface area contributed by atoms with Crippen molar-refractivity contribution in [1.29, 1.82) is 0 Å². The molecule has 124 valence electrons. The second kappa shape index (κ2) is 6.70. The van der Waals surface area contributed by atoms with Crippen LogP contribution in [0, 0.1) is 0 Å². The first-order valence-electron chi connectivity index (χ1n) is 7.55. The third kappa shape index (κ3) is 3.33. The Morgan fingerprint density at radius 2 is 2.08 bits per heavy atom. The van der Waals surface area contributed by atoms with Gasteiger partial charge in [0.15, 0.2) is 5.69 Å². The lowest BCUT2D eigenvalue weighted by atomic mass is 10.2. The van der Waals surface area contributed by atoms with Gasteiger partial charge in [-0.2, -0.15) is 10.1 Å². The van der Waals surface area contributed by atoms with E-state index < -0.39 is 0 Å². The second-order valence-electron chi connectivity index (χ2n) is 5.20. The molecule has 25 heavy (non-hydrogen) atoms. The van der Waals surface area contributed by atoms with Crippen molar-refractivity contribution in [2.24, 2.45) is 0 Å². The maximum Gasteiger partial charge on any atom is 0.272 e. The quantitative estimate of drug-likeness (QED) is 0.576. The lowest BCUT2D eigenvalue weighted by Crippen LogP contribution is -2.23. The number of nitrogens with one attached hydrogen (secondary N) is 2. The van der Waals surface area contributed by atoms with E-state index in [1.165, 1.54) is 0 Å².